The first-order chi connectivity index (χ1) is 5.35. The van der Waals surface area contributed by atoms with E-state index in [1.54, 1.807) is 0 Å². The molecule has 0 radical (unpaired) electrons. The molecule has 0 N–H and O–H groups in total. The fourth-order valence-corrected chi connectivity index (χ4v) is 1.15. The van der Waals surface area contributed by atoms with E-state index in [0.717, 1.165) is 6.54 Å². The van der Waals surface area contributed by atoms with Gasteiger partial charge in [-0.2, -0.15) is 0 Å². The number of hydrogen-bond donors (Lipinski definition) is 0. The second kappa shape index (κ2) is 4.45. The van der Waals surface area contributed by atoms with E-state index in [4.69, 9.17) is 0 Å². The second-order valence-electron chi connectivity index (χ2n) is 4.31. The van der Waals surface area contributed by atoms with E-state index in [2.05, 4.69) is 25.5 Å². The highest BCUT2D eigenvalue weighted by molar-refractivity contribution is 5.71. The van der Waals surface area contributed by atoms with Gasteiger partial charge in [-0.25, -0.2) is 0 Å². The maximum Gasteiger partial charge on any atom is 0.319 e. The summed E-state index contributed by atoms with van der Waals surface area (Å²) in [7, 11) is 3.33. The van der Waals surface area contributed by atoms with Crippen LogP contribution in [0.1, 0.15) is 20.8 Å². The summed E-state index contributed by atoms with van der Waals surface area (Å²) >= 11 is 0. The van der Waals surface area contributed by atoms with Gasteiger partial charge in [0.2, 0.25) is 0 Å². The van der Waals surface area contributed by atoms with Crippen LogP contribution in [0.3, 0.4) is 0 Å². The zero-order valence-corrected chi connectivity index (χ0v) is 8.68. The molecule has 0 saturated carbocycles. The Morgan fingerprint density at radius 1 is 1.42 bits per heavy atom. The van der Waals surface area contributed by atoms with Gasteiger partial charge in [-0.15, -0.1) is 0 Å². The van der Waals surface area contributed by atoms with E-state index in [9.17, 15) is 4.79 Å². The van der Waals surface area contributed by atoms with Crippen LogP contribution in [0.5, 0.6) is 0 Å². The average molecular weight is 173 g/mol. The standard InChI is InChI=1S/C9H19NO2/c1-9(2,3)7-10(4)6-8(11)12-5/h6-7H2,1-5H3. The molecule has 0 aliphatic carbocycles. The lowest BCUT2D eigenvalue weighted by molar-refractivity contribution is -0.141. The van der Waals surface area contributed by atoms with Gasteiger partial charge in [-0.3, -0.25) is 9.69 Å². The number of ether oxygens (including phenoxy) is 1. The number of methoxy groups -OCH3 is 1. The highest BCUT2D eigenvalue weighted by Gasteiger charge is 2.15. The molecule has 0 aliphatic heterocycles. The molecular formula is C9H19NO2. The van der Waals surface area contributed by atoms with E-state index < -0.39 is 0 Å². The van der Waals surface area contributed by atoms with Crippen LogP contribution in [0.25, 0.3) is 0 Å². The maximum atomic E-state index is 10.8. The second-order valence-corrected chi connectivity index (χ2v) is 4.31. The molecule has 0 bridgehead atoms. The average Bonchev–Trinajstić information content (AvgIpc) is 1.82. The molecule has 0 aromatic heterocycles. The molecule has 0 heterocycles. The molecular weight excluding hydrogens is 154 g/mol. The predicted octanol–water partition coefficient (Wildman–Crippen LogP) is 1.14. The molecule has 0 spiro atoms. The summed E-state index contributed by atoms with van der Waals surface area (Å²) in [4.78, 5) is 12.8. The van der Waals surface area contributed by atoms with E-state index in [-0.39, 0.29) is 11.4 Å². The van der Waals surface area contributed by atoms with Gasteiger partial charge >= 0.3 is 5.97 Å². The number of carbonyl (C=O) groups is 1. The zero-order valence-electron chi connectivity index (χ0n) is 8.68. The van der Waals surface area contributed by atoms with Crippen molar-refractivity contribution in [1.82, 2.24) is 4.90 Å². The number of likely N-dealkylation sites (N-methyl/N-ethyl adjacent to an activating group) is 1. The highest BCUT2D eigenvalue weighted by atomic mass is 16.5. The van der Waals surface area contributed by atoms with Crippen molar-refractivity contribution in [3.05, 3.63) is 0 Å². The summed E-state index contributed by atoms with van der Waals surface area (Å²) in [6.45, 7) is 7.68. The monoisotopic (exact) mass is 173 g/mol. The molecule has 0 unspecified atom stereocenters. The van der Waals surface area contributed by atoms with Crippen molar-refractivity contribution >= 4 is 5.97 Å². The van der Waals surface area contributed by atoms with Gasteiger partial charge in [0.1, 0.15) is 0 Å². The molecule has 12 heavy (non-hydrogen) atoms. The zero-order chi connectivity index (χ0) is 9.78. The van der Waals surface area contributed by atoms with Crippen molar-refractivity contribution in [2.45, 2.75) is 20.8 Å². The summed E-state index contributed by atoms with van der Waals surface area (Å²) in [6, 6.07) is 0. The Bertz CT molecular complexity index is 149. The van der Waals surface area contributed by atoms with Crippen LogP contribution < -0.4 is 0 Å². The molecule has 0 atom stereocenters. The van der Waals surface area contributed by atoms with Gasteiger partial charge in [0.15, 0.2) is 0 Å². The molecule has 3 heteroatoms. The highest BCUT2D eigenvalue weighted by Crippen LogP contribution is 2.13. The van der Waals surface area contributed by atoms with Crippen molar-refractivity contribution in [2.75, 3.05) is 27.2 Å². The van der Waals surface area contributed by atoms with E-state index in [1.807, 2.05) is 11.9 Å². The third-order valence-electron chi connectivity index (χ3n) is 1.37. The normalized spacial score (nSPS) is 11.8. The van der Waals surface area contributed by atoms with Crippen LogP contribution in [0.4, 0.5) is 0 Å². The number of rotatable bonds is 3. The molecule has 0 rings (SSSR count). The molecule has 0 aromatic carbocycles. The van der Waals surface area contributed by atoms with Crippen molar-refractivity contribution < 1.29 is 9.53 Å². The maximum absolute atomic E-state index is 10.8. The van der Waals surface area contributed by atoms with Gasteiger partial charge in [0, 0.05) is 6.54 Å². The number of hydrogen-bond acceptors (Lipinski definition) is 3. The topological polar surface area (TPSA) is 29.5 Å². The Hall–Kier alpha value is -0.570. The SMILES string of the molecule is COC(=O)CN(C)CC(C)(C)C. The van der Waals surface area contributed by atoms with Crippen molar-refractivity contribution in [2.24, 2.45) is 5.41 Å². The number of esters is 1. The lowest BCUT2D eigenvalue weighted by atomic mass is 9.96. The van der Waals surface area contributed by atoms with Gasteiger partial charge in [-0.1, -0.05) is 20.8 Å². The van der Waals surface area contributed by atoms with Crippen LogP contribution >= 0.6 is 0 Å². The molecule has 72 valence electrons. The fraction of sp³-hybridized carbons (Fsp3) is 0.889. The third kappa shape index (κ3) is 6.16. The minimum Gasteiger partial charge on any atom is -0.468 e. The predicted molar refractivity (Wildman–Crippen MR) is 49.0 cm³/mol. The lowest BCUT2D eigenvalue weighted by Gasteiger charge is -2.25. The fourth-order valence-electron chi connectivity index (χ4n) is 1.15. The van der Waals surface area contributed by atoms with Crippen LogP contribution in [-0.4, -0.2) is 38.1 Å². The van der Waals surface area contributed by atoms with Crippen molar-refractivity contribution in [3.8, 4) is 0 Å². The number of nitrogens with zero attached hydrogens (tertiary/aromatic N) is 1. The first-order valence-electron chi connectivity index (χ1n) is 4.10. The van der Waals surface area contributed by atoms with Gasteiger partial charge in [0.05, 0.1) is 13.7 Å². The third-order valence-corrected chi connectivity index (χ3v) is 1.37. The van der Waals surface area contributed by atoms with Crippen molar-refractivity contribution in [1.29, 1.82) is 0 Å². The van der Waals surface area contributed by atoms with Gasteiger partial charge < -0.3 is 4.74 Å². The Morgan fingerprint density at radius 3 is 2.25 bits per heavy atom. The minimum atomic E-state index is -0.179. The summed E-state index contributed by atoms with van der Waals surface area (Å²) in [5, 5.41) is 0. The lowest BCUT2D eigenvalue weighted by Crippen LogP contribution is -2.33. The molecule has 0 fully saturated rings. The van der Waals surface area contributed by atoms with Gasteiger partial charge in [-0.05, 0) is 12.5 Å². The summed E-state index contributed by atoms with van der Waals surface area (Å²) in [6.07, 6.45) is 0. The smallest absolute Gasteiger partial charge is 0.319 e. The minimum absolute atomic E-state index is 0.179. The quantitative estimate of drug-likeness (QED) is 0.599. The number of carbonyl (C=O) groups excluding carboxylic acids is 1. The van der Waals surface area contributed by atoms with E-state index in [0.29, 0.717) is 6.54 Å². The molecule has 3 nitrogen and oxygen atoms in total. The molecule has 0 amide bonds. The Kier molecular flexibility index (Phi) is 4.24. The van der Waals surface area contributed by atoms with Crippen LogP contribution in [0, 0.1) is 5.41 Å². The van der Waals surface area contributed by atoms with Gasteiger partial charge in [0.25, 0.3) is 0 Å². The van der Waals surface area contributed by atoms with Crippen LogP contribution in [0.2, 0.25) is 0 Å². The molecule has 0 saturated heterocycles. The molecule has 0 aliphatic rings. The Morgan fingerprint density at radius 2 is 1.92 bits per heavy atom. The summed E-state index contributed by atoms with van der Waals surface area (Å²) < 4.78 is 4.55. The van der Waals surface area contributed by atoms with Crippen molar-refractivity contribution in [3.63, 3.8) is 0 Å². The Balaban J connectivity index is 3.74. The summed E-state index contributed by atoms with van der Waals surface area (Å²) in [5.74, 6) is -0.179. The first kappa shape index (κ1) is 11.4. The Labute approximate surface area is 74.7 Å². The van der Waals surface area contributed by atoms with E-state index >= 15 is 0 Å². The molecule has 0 aromatic rings. The van der Waals surface area contributed by atoms with Crippen LogP contribution in [-0.2, 0) is 9.53 Å². The largest absolute Gasteiger partial charge is 0.468 e. The van der Waals surface area contributed by atoms with Crippen LogP contribution in [0.15, 0.2) is 0 Å². The van der Waals surface area contributed by atoms with E-state index in [1.165, 1.54) is 7.11 Å². The first-order valence-corrected chi connectivity index (χ1v) is 4.10. The summed E-state index contributed by atoms with van der Waals surface area (Å²) in [5.41, 5.74) is 0.225.